The summed E-state index contributed by atoms with van der Waals surface area (Å²) in [5.74, 6) is 1.93. The number of aliphatic hydroxyl groups is 1. The van der Waals surface area contributed by atoms with Crippen LogP contribution in [0, 0.1) is 6.92 Å². The van der Waals surface area contributed by atoms with E-state index in [2.05, 4.69) is 21.6 Å². The SMILES string of the molecule is Cc1cc(CNc2nc(-c3cccc(OC[C@@H](O)CN)c3)nc3c2cnn3C2CC2)n(C)n1. The van der Waals surface area contributed by atoms with E-state index in [9.17, 15) is 5.11 Å². The number of fused-ring (bicyclic) bond motifs is 1. The monoisotopic (exact) mass is 448 g/mol. The summed E-state index contributed by atoms with van der Waals surface area (Å²) < 4.78 is 9.55. The number of aryl methyl sites for hydroxylation is 2. The van der Waals surface area contributed by atoms with Crippen molar-refractivity contribution in [1.82, 2.24) is 29.5 Å². The van der Waals surface area contributed by atoms with E-state index in [4.69, 9.17) is 20.4 Å². The molecule has 0 bridgehead atoms. The largest absolute Gasteiger partial charge is 0.491 e. The van der Waals surface area contributed by atoms with Gasteiger partial charge < -0.3 is 20.9 Å². The first-order valence-corrected chi connectivity index (χ1v) is 11.1. The summed E-state index contributed by atoms with van der Waals surface area (Å²) >= 11 is 0. The van der Waals surface area contributed by atoms with Gasteiger partial charge in [-0.05, 0) is 38.0 Å². The zero-order chi connectivity index (χ0) is 22.9. The van der Waals surface area contributed by atoms with E-state index >= 15 is 0 Å². The summed E-state index contributed by atoms with van der Waals surface area (Å²) in [6.07, 6.45) is 3.35. The van der Waals surface area contributed by atoms with Gasteiger partial charge in [0.25, 0.3) is 0 Å². The molecule has 1 aromatic carbocycles. The number of nitrogens with one attached hydrogen (secondary N) is 1. The second kappa shape index (κ2) is 8.80. The lowest BCUT2D eigenvalue weighted by molar-refractivity contribution is 0.114. The Bertz CT molecular complexity index is 1280. The van der Waals surface area contributed by atoms with Gasteiger partial charge in [-0.2, -0.15) is 10.2 Å². The quantitative estimate of drug-likeness (QED) is 0.355. The van der Waals surface area contributed by atoms with Crippen molar-refractivity contribution in [3.8, 4) is 17.1 Å². The summed E-state index contributed by atoms with van der Waals surface area (Å²) in [4.78, 5) is 9.70. The van der Waals surface area contributed by atoms with Crippen molar-refractivity contribution in [3.63, 3.8) is 0 Å². The third-order valence-corrected chi connectivity index (χ3v) is 5.69. The van der Waals surface area contributed by atoms with Gasteiger partial charge in [0.2, 0.25) is 0 Å². The van der Waals surface area contributed by atoms with Crippen LogP contribution in [0.25, 0.3) is 22.4 Å². The van der Waals surface area contributed by atoms with Crippen LogP contribution in [0.4, 0.5) is 5.82 Å². The van der Waals surface area contributed by atoms with E-state index in [0.717, 1.165) is 46.6 Å². The highest BCUT2D eigenvalue weighted by Crippen LogP contribution is 2.37. The highest BCUT2D eigenvalue weighted by molar-refractivity contribution is 5.88. The molecule has 33 heavy (non-hydrogen) atoms. The number of ether oxygens (including phenoxy) is 1. The zero-order valence-corrected chi connectivity index (χ0v) is 18.8. The minimum Gasteiger partial charge on any atom is -0.491 e. The molecule has 1 saturated carbocycles. The predicted octanol–water partition coefficient (Wildman–Crippen LogP) is 2.18. The maximum absolute atomic E-state index is 9.70. The van der Waals surface area contributed by atoms with Crippen LogP contribution in [0.1, 0.15) is 30.3 Å². The van der Waals surface area contributed by atoms with Gasteiger partial charge in [0.1, 0.15) is 24.3 Å². The van der Waals surface area contributed by atoms with Gasteiger partial charge in [-0.25, -0.2) is 14.6 Å². The lowest BCUT2D eigenvalue weighted by Crippen LogP contribution is -2.26. The van der Waals surface area contributed by atoms with Crippen LogP contribution in [-0.4, -0.2) is 53.9 Å². The Balaban J connectivity index is 1.49. The minimum absolute atomic E-state index is 0.130. The lowest BCUT2D eigenvalue weighted by atomic mass is 10.2. The molecule has 172 valence electrons. The van der Waals surface area contributed by atoms with Gasteiger partial charge in [-0.3, -0.25) is 4.68 Å². The Hall–Kier alpha value is -3.50. The first-order valence-electron chi connectivity index (χ1n) is 11.1. The highest BCUT2D eigenvalue weighted by Gasteiger charge is 2.27. The van der Waals surface area contributed by atoms with Crippen LogP contribution in [-0.2, 0) is 13.6 Å². The maximum Gasteiger partial charge on any atom is 0.164 e. The van der Waals surface area contributed by atoms with Crippen molar-refractivity contribution in [2.45, 2.75) is 38.5 Å². The van der Waals surface area contributed by atoms with Gasteiger partial charge in [0, 0.05) is 19.2 Å². The van der Waals surface area contributed by atoms with Crippen molar-refractivity contribution in [2.24, 2.45) is 12.8 Å². The molecule has 0 spiro atoms. The number of anilines is 1. The number of aliphatic hydroxyl groups excluding tert-OH is 1. The Labute approximate surface area is 191 Å². The van der Waals surface area contributed by atoms with Crippen LogP contribution in [0.3, 0.4) is 0 Å². The van der Waals surface area contributed by atoms with Crippen molar-refractivity contribution in [2.75, 3.05) is 18.5 Å². The van der Waals surface area contributed by atoms with Gasteiger partial charge in [-0.1, -0.05) is 12.1 Å². The normalized spacial score (nSPS) is 14.5. The number of benzene rings is 1. The second-order valence-electron chi connectivity index (χ2n) is 8.44. The number of nitrogens with zero attached hydrogens (tertiary/aromatic N) is 6. The molecular formula is C23H28N8O2. The topological polar surface area (TPSA) is 129 Å². The third kappa shape index (κ3) is 4.53. The van der Waals surface area contributed by atoms with E-state index < -0.39 is 6.10 Å². The molecular weight excluding hydrogens is 420 g/mol. The zero-order valence-electron chi connectivity index (χ0n) is 18.8. The molecule has 10 heteroatoms. The van der Waals surface area contributed by atoms with Gasteiger partial charge >= 0.3 is 0 Å². The summed E-state index contributed by atoms with van der Waals surface area (Å²) in [7, 11) is 1.93. The summed E-state index contributed by atoms with van der Waals surface area (Å²) in [6, 6.07) is 9.98. The van der Waals surface area contributed by atoms with Crippen LogP contribution in [0.5, 0.6) is 5.75 Å². The molecule has 0 unspecified atom stereocenters. The molecule has 1 aliphatic rings. The molecule has 4 N–H and O–H groups in total. The fraction of sp³-hybridized carbons (Fsp3) is 0.391. The van der Waals surface area contributed by atoms with Crippen LogP contribution < -0.4 is 15.8 Å². The van der Waals surface area contributed by atoms with Crippen molar-refractivity contribution >= 4 is 16.9 Å². The predicted molar refractivity (Wildman–Crippen MR) is 125 cm³/mol. The first kappa shape index (κ1) is 21.4. The van der Waals surface area contributed by atoms with Gasteiger partial charge in [0.15, 0.2) is 11.5 Å². The average molecular weight is 449 g/mol. The van der Waals surface area contributed by atoms with E-state index in [0.29, 0.717) is 24.2 Å². The van der Waals surface area contributed by atoms with E-state index in [1.54, 1.807) is 0 Å². The Morgan fingerprint density at radius 3 is 2.85 bits per heavy atom. The van der Waals surface area contributed by atoms with Crippen LogP contribution in [0.15, 0.2) is 36.5 Å². The second-order valence-corrected chi connectivity index (χ2v) is 8.44. The standard InChI is InChI=1S/C23H28N8O2/c1-14-8-17(30(2)29-14)11-25-22-20-12-26-31(16-6-7-16)23(20)28-21(27-22)15-4-3-5-19(9-15)33-13-18(32)10-24/h3-5,8-9,12,16,18,32H,6-7,10-11,13,24H2,1-2H3,(H,25,27,28)/t18-/m0/s1. The fourth-order valence-electron chi connectivity index (χ4n) is 3.77. The number of hydrogen-bond acceptors (Lipinski definition) is 8. The summed E-state index contributed by atoms with van der Waals surface area (Å²) in [5.41, 5.74) is 9.14. The average Bonchev–Trinajstić information content (AvgIpc) is 3.49. The molecule has 0 amide bonds. The fourth-order valence-corrected chi connectivity index (χ4v) is 3.77. The molecule has 4 aromatic rings. The molecule has 3 heterocycles. The number of rotatable bonds is 9. The van der Waals surface area contributed by atoms with E-state index in [-0.39, 0.29) is 13.2 Å². The Morgan fingerprint density at radius 1 is 1.27 bits per heavy atom. The molecule has 0 radical (unpaired) electrons. The van der Waals surface area contributed by atoms with Gasteiger partial charge in [0.05, 0.1) is 35.6 Å². The molecule has 1 aliphatic carbocycles. The Morgan fingerprint density at radius 2 is 2.12 bits per heavy atom. The highest BCUT2D eigenvalue weighted by atomic mass is 16.5. The van der Waals surface area contributed by atoms with E-state index in [1.807, 2.05) is 53.8 Å². The third-order valence-electron chi connectivity index (χ3n) is 5.69. The van der Waals surface area contributed by atoms with Crippen LogP contribution >= 0.6 is 0 Å². The van der Waals surface area contributed by atoms with E-state index in [1.165, 1.54) is 0 Å². The molecule has 1 atom stereocenters. The molecule has 0 aliphatic heterocycles. The number of aromatic nitrogens is 6. The van der Waals surface area contributed by atoms with Crippen molar-refractivity contribution in [1.29, 1.82) is 0 Å². The number of hydrogen-bond donors (Lipinski definition) is 3. The maximum atomic E-state index is 9.70. The van der Waals surface area contributed by atoms with Crippen molar-refractivity contribution < 1.29 is 9.84 Å². The molecule has 3 aromatic heterocycles. The Kier molecular flexibility index (Phi) is 5.69. The smallest absolute Gasteiger partial charge is 0.164 e. The summed E-state index contributed by atoms with van der Waals surface area (Å²) in [5, 5.41) is 23.1. The molecule has 5 rings (SSSR count). The van der Waals surface area contributed by atoms with Crippen molar-refractivity contribution in [3.05, 3.63) is 47.9 Å². The molecule has 0 saturated heterocycles. The van der Waals surface area contributed by atoms with Crippen LogP contribution in [0.2, 0.25) is 0 Å². The lowest BCUT2D eigenvalue weighted by Gasteiger charge is -2.12. The molecule has 10 nitrogen and oxygen atoms in total. The summed E-state index contributed by atoms with van der Waals surface area (Å²) in [6.45, 7) is 2.84. The first-order chi connectivity index (χ1) is 16.0. The molecule has 1 fully saturated rings. The number of nitrogens with two attached hydrogens (primary N) is 1. The van der Waals surface area contributed by atoms with Gasteiger partial charge in [-0.15, -0.1) is 0 Å². The minimum atomic E-state index is -0.708.